The second-order valence-corrected chi connectivity index (χ2v) is 7.78. The lowest BCUT2D eigenvalue weighted by Crippen LogP contribution is -2.12. The van der Waals surface area contributed by atoms with Gasteiger partial charge in [-0.05, 0) is 68.3 Å². The maximum absolute atomic E-state index is 10.2. The van der Waals surface area contributed by atoms with Crippen molar-refractivity contribution < 1.29 is 20.1 Å². The number of ether oxygens (including phenoxy) is 1. The van der Waals surface area contributed by atoms with Gasteiger partial charge in [-0.25, -0.2) is 0 Å². The Labute approximate surface area is 187 Å². The fourth-order valence-electron chi connectivity index (χ4n) is 3.61. The second kappa shape index (κ2) is 8.55. The molecular weight excluding hydrogens is 402 g/mol. The number of benzene rings is 4. The molecule has 0 aliphatic rings. The minimum atomic E-state index is 0.149. The van der Waals surface area contributed by atoms with Gasteiger partial charge >= 0.3 is 0 Å². The predicted octanol–water partition coefficient (Wildman–Crippen LogP) is 6.99. The molecule has 0 heterocycles. The average Bonchev–Trinajstić information content (AvgIpc) is 2.77. The molecule has 4 rings (SSSR count). The Bertz CT molecular complexity index is 1230. The molecule has 4 aromatic rings. The van der Waals surface area contributed by atoms with Crippen molar-refractivity contribution in [3.63, 3.8) is 0 Å². The van der Waals surface area contributed by atoms with Crippen molar-refractivity contribution in [1.29, 1.82) is 0 Å². The molecule has 0 fully saturated rings. The van der Waals surface area contributed by atoms with Crippen LogP contribution in [0.2, 0.25) is 0 Å². The minimum absolute atomic E-state index is 0.149. The molecule has 5 heteroatoms. The van der Waals surface area contributed by atoms with E-state index in [0.29, 0.717) is 17.1 Å². The standard InChI is InChI=1S/C27H25NO4/c1-17-10-12-21(29)15-24(17)28(25-16-22(30)13-11-18(25)2)20-6-4-7-23(14-20)32-27-9-5-8-26(31)19(27)3/h4-16,29-31H,1-3H3. The Morgan fingerprint density at radius 1 is 0.656 bits per heavy atom. The number of aryl methyl sites for hydroxylation is 2. The molecule has 0 unspecified atom stereocenters. The van der Waals surface area contributed by atoms with Crippen molar-refractivity contribution in [2.75, 3.05) is 4.90 Å². The molecule has 4 aromatic carbocycles. The van der Waals surface area contributed by atoms with Crippen LogP contribution in [0.15, 0.2) is 78.9 Å². The first-order chi connectivity index (χ1) is 15.3. The van der Waals surface area contributed by atoms with Crippen LogP contribution in [0.1, 0.15) is 16.7 Å². The normalized spacial score (nSPS) is 10.7. The van der Waals surface area contributed by atoms with Gasteiger partial charge in [-0.1, -0.05) is 24.3 Å². The van der Waals surface area contributed by atoms with E-state index in [1.807, 2.05) is 55.1 Å². The number of anilines is 3. The van der Waals surface area contributed by atoms with Gasteiger partial charge in [0.25, 0.3) is 0 Å². The molecule has 0 radical (unpaired) electrons. The van der Waals surface area contributed by atoms with Crippen LogP contribution in [0, 0.1) is 20.8 Å². The number of nitrogens with zero attached hydrogens (tertiary/aromatic N) is 1. The lowest BCUT2D eigenvalue weighted by Gasteiger charge is -2.29. The molecule has 0 amide bonds. The summed E-state index contributed by atoms with van der Waals surface area (Å²) in [5.41, 5.74) is 4.93. The van der Waals surface area contributed by atoms with Crippen LogP contribution in [0.4, 0.5) is 17.1 Å². The van der Waals surface area contributed by atoms with E-state index >= 15 is 0 Å². The molecule has 0 spiro atoms. The summed E-state index contributed by atoms with van der Waals surface area (Å²) in [6.07, 6.45) is 0. The van der Waals surface area contributed by atoms with Gasteiger partial charge in [-0.2, -0.15) is 0 Å². The molecule has 162 valence electrons. The van der Waals surface area contributed by atoms with Crippen molar-refractivity contribution in [2.45, 2.75) is 20.8 Å². The number of phenols is 3. The van der Waals surface area contributed by atoms with Gasteiger partial charge in [-0.15, -0.1) is 0 Å². The topological polar surface area (TPSA) is 73.2 Å². The van der Waals surface area contributed by atoms with Crippen molar-refractivity contribution in [3.8, 4) is 28.7 Å². The fourth-order valence-corrected chi connectivity index (χ4v) is 3.61. The van der Waals surface area contributed by atoms with Gasteiger partial charge in [0.15, 0.2) is 0 Å². The molecule has 0 saturated heterocycles. The first-order valence-corrected chi connectivity index (χ1v) is 10.3. The highest BCUT2D eigenvalue weighted by Crippen LogP contribution is 2.42. The fraction of sp³-hybridized carbons (Fsp3) is 0.111. The average molecular weight is 428 g/mol. The Kier molecular flexibility index (Phi) is 5.65. The Balaban J connectivity index is 1.85. The van der Waals surface area contributed by atoms with Gasteiger partial charge < -0.3 is 25.0 Å². The first-order valence-electron chi connectivity index (χ1n) is 10.3. The monoisotopic (exact) mass is 427 g/mol. The summed E-state index contributed by atoms with van der Waals surface area (Å²) in [5.74, 6) is 1.63. The summed E-state index contributed by atoms with van der Waals surface area (Å²) < 4.78 is 6.08. The lowest BCUT2D eigenvalue weighted by atomic mass is 10.1. The van der Waals surface area contributed by atoms with E-state index < -0.39 is 0 Å². The number of phenolic OH excluding ortho intramolecular Hbond substituents is 3. The molecule has 5 nitrogen and oxygen atoms in total. The van der Waals surface area contributed by atoms with Crippen LogP contribution in [-0.2, 0) is 0 Å². The molecular formula is C27H25NO4. The highest BCUT2D eigenvalue weighted by Gasteiger charge is 2.19. The minimum Gasteiger partial charge on any atom is -0.508 e. The van der Waals surface area contributed by atoms with Crippen molar-refractivity contribution in [3.05, 3.63) is 95.6 Å². The third-order valence-electron chi connectivity index (χ3n) is 5.43. The highest BCUT2D eigenvalue weighted by atomic mass is 16.5. The summed E-state index contributed by atoms with van der Waals surface area (Å²) in [4.78, 5) is 1.98. The Morgan fingerprint density at radius 3 is 1.88 bits per heavy atom. The van der Waals surface area contributed by atoms with Crippen LogP contribution in [0.25, 0.3) is 0 Å². The van der Waals surface area contributed by atoms with E-state index in [-0.39, 0.29) is 17.2 Å². The van der Waals surface area contributed by atoms with E-state index in [0.717, 1.165) is 28.2 Å². The first kappa shape index (κ1) is 21.1. The molecule has 3 N–H and O–H groups in total. The molecule has 0 aromatic heterocycles. The number of rotatable bonds is 5. The smallest absolute Gasteiger partial charge is 0.134 e. The quantitative estimate of drug-likeness (QED) is 0.320. The van der Waals surface area contributed by atoms with Crippen LogP contribution in [0.5, 0.6) is 28.7 Å². The van der Waals surface area contributed by atoms with E-state index in [1.165, 1.54) is 0 Å². The zero-order valence-electron chi connectivity index (χ0n) is 18.2. The van der Waals surface area contributed by atoms with Crippen LogP contribution in [0.3, 0.4) is 0 Å². The van der Waals surface area contributed by atoms with E-state index in [1.54, 1.807) is 49.4 Å². The summed E-state index contributed by atoms with van der Waals surface area (Å²) in [6, 6.07) is 23.1. The Hall–Kier alpha value is -4.12. The van der Waals surface area contributed by atoms with Crippen LogP contribution >= 0.6 is 0 Å². The van der Waals surface area contributed by atoms with Gasteiger partial charge in [0.2, 0.25) is 0 Å². The van der Waals surface area contributed by atoms with Crippen molar-refractivity contribution >= 4 is 17.1 Å². The summed E-state index contributed by atoms with van der Waals surface area (Å²) in [5, 5.41) is 30.4. The number of aromatic hydroxyl groups is 3. The molecule has 32 heavy (non-hydrogen) atoms. The van der Waals surface area contributed by atoms with Gasteiger partial charge in [0, 0.05) is 29.4 Å². The SMILES string of the molecule is Cc1ccc(O)cc1N(c1cccc(Oc2cccc(O)c2C)c1)c1cc(O)ccc1C. The number of hydrogen-bond donors (Lipinski definition) is 3. The van der Waals surface area contributed by atoms with Gasteiger partial charge in [0.05, 0.1) is 11.4 Å². The lowest BCUT2D eigenvalue weighted by molar-refractivity contribution is 0.448. The van der Waals surface area contributed by atoms with Gasteiger partial charge in [0.1, 0.15) is 28.7 Å². The van der Waals surface area contributed by atoms with Gasteiger partial charge in [-0.3, -0.25) is 0 Å². The van der Waals surface area contributed by atoms with E-state index in [9.17, 15) is 15.3 Å². The third-order valence-corrected chi connectivity index (χ3v) is 5.43. The zero-order chi connectivity index (χ0) is 22.8. The highest BCUT2D eigenvalue weighted by molar-refractivity contribution is 5.81. The zero-order valence-corrected chi connectivity index (χ0v) is 18.2. The second-order valence-electron chi connectivity index (χ2n) is 7.78. The van der Waals surface area contributed by atoms with E-state index in [4.69, 9.17) is 4.74 Å². The Morgan fingerprint density at radius 2 is 1.25 bits per heavy atom. The number of hydrogen-bond acceptors (Lipinski definition) is 5. The molecule has 0 bridgehead atoms. The van der Waals surface area contributed by atoms with Crippen LogP contribution in [-0.4, -0.2) is 15.3 Å². The summed E-state index contributed by atoms with van der Waals surface area (Å²) >= 11 is 0. The van der Waals surface area contributed by atoms with E-state index in [2.05, 4.69) is 0 Å². The largest absolute Gasteiger partial charge is 0.508 e. The summed E-state index contributed by atoms with van der Waals surface area (Å²) in [7, 11) is 0. The predicted molar refractivity (Wildman–Crippen MR) is 127 cm³/mol. The van der Waals surface area contributed by atoms with Crippen molar-refractivity contribution in [2.24, 2.45) is 0 Å². The molecule has 0 aliphatic carbocycles. The summed E-state index contributed by atoms with van der Waals surface area (Å²) in [6.45, 7) is 5.74. The third kappa shape index (κ3) is 4.18. The molecule has 0 saturated carbocycles. The maximum Gasteiger partial charge on any atom is 0.134 e. The van der Waals surface area contributed by atoms with Crippen molar-refractivity contribution in [1.82, 2.24) is 0 Å². The van der Waals surface area contributed by atoms with Crippen LogP contribution < -0.4 is 9.64 Å². The molecule has 0 aliphatic heterocycles. The molecule has 0 atom stereocenters. The maximum atomic E-state index is 10.2.